The number of carbonyl (C=O) groups excluding carboxylic acids is 1. The Morgan fingerprint density at radius 2 is 1.53 bits per heavy atom. The highest BCUT2D eigenvalue weighted by molar-refractivity contribution is 7.92. The number of anilines is 2. The van der Waals surface area contributed by atoms with Crippen molar-refractivity contribution in [2.75, 3.05) is 41.9 Å². The van der Waals surface area contributed by atoms with E-state index >= 15 is 0 Å². The van der Waals surface area contributed by atoms with E-state index in [0.29, 0.717) is 42.3 Å². The summed E-state index contributed by atoms with van der Waals surface area (Å²) in [4.78, 5) is 17.6. The monoisotopic (exact) mass is 495 g/mol. The van der Waals surface area contributed by atoms with Crippen LogP contribution in [0.25, 0.3) is 0 Å². The first kappa shape index (κ1) is 22.7. The number of rotatable bonds is 4. The van der Waals surface area contributed by atoms with Gasteiger partial charge in [-0.25, -0.2) is 8.42 Å². The number of para-hydroxylation sites is 1. The Morgan fingerprint density at radius 3 is 2.24 bits per heavy atom. The molecule has 0 radical (unpaired) electrons. The zero-order valence-electron chi connectivity index (χ0n) is 18.7. The minimum absolute atomic E-state index is 0.00630. The molecule has 0 unspecified atom stereocenters. The van der Waals surface area contributed by atoms with Crippen LogP contribution in [0.1, 0.15) is 22.3 Å². The van der Waals surface area contributed by atoms with Gasteiger partial charge in [0.25, 0.3) is 15.9 Å². The van der Waals surface area contributed by atoms with Crippen molar-refractivity contribution in [3.63, 3.8) is 0 Å². The van der Waals surface area contributed by atoms with E-state index < -0.39 is 10.0 Å². The van der Waals surface area contributed by atoms with Crippen LogP contribution in [0.2, 0.25) is 5.02 Å². The van der Waals surface area contributed by atoms with Crippen LogP contribution in [0.4, 0.5) is 11.4 Å². The van der Waals surface area contributed by atoms with Gasteiger partial charge in [-0.2, -0.15) is 0 Å². The number of hydrogen-bond donors (Lipinski definition) is 0. The molecule has 1 amide bonds. The van der Waals surface area contributed by atoms with Crippen LogP contribution in [0.5, 0.6) is 0 Å². The van der Waals surface area contributed by atoms with Crippen molar-refractivity contribution in [2.24, 2.45) is 0 Å². The number of fused-ring (bicyclic) bond motifs is 1. The second-order valence-corrected chi connectivity index (χ2v) is 10.9. The van der Waals surface area contributed by atoms with Crippen molar-refractivity contribution < 1.29 is 13.2 Å². The molecular weight excluding hydrogens is 470 g/mol. The largest absolute Gasteiger partial charge is 0.368 e. The van der Waals surface area contributed by atoms with Crippen LogP contribution in [-0.4, -0.2) is 51.9 Å². The molecule has 1 fully saturated rings. The van der Waals surface area contributed by atoms with Gasteiger partial charge in [-0.3, -0.25) is 9.10 Å². The van der Waals surface area contributed by atoms with Gasteiger partial charge in [0, 0.05) is 49.0 Å². The van der Waals surface area contributed by atoms with E-state index in [2.05, 4.69) is 17.0 Å². The lowest BCUT2D eigenvalue weighted by molar-refractivity contribution is 0.0746. The summed E-state index contributed by atoms with van der Waals surface area (Å²) >= 11 is 5.93. The number of carbonyl (C=O) groups is 1. The van der Waals surface area contributed by atoms with E-state index in [9.17, 15) is 13.2 Å². The first-order valence-electron chi connectivity index (χ1n) is 11.4. The van der Waals surface area contributed by atoms with E-state index in [0.717, 1.165) is 25.1 Å². The highest BCUT2D eigenvalue weighted by atomic mass is 35.5. The summed E-state index contributed by atoms with van der Waals surface area (Å²) in [5, 5.41) is 0.491. The van der Waals surface area contributed by atoms with Crippen molar-refractivity contribution in [1.82, 2.24) is 4.90 Å². The average molecular weight is 496 g/mol. The van der Waals surface area contributed by atoms with Gasteiger partial charge < -0.3 is 9.80 Å². The SMILES string of the molecule is O=C(c1ccc2c(c1)CCCN2S(=O)(=O)c1ccc(Cl)cc1)N1CCN(c2ccccc2)CC1. The molecule has 6 nitrogen and oxygen atoms in total. The smallest absolute Gasteiger partial charge is 0.264 e. The average Bonchev–Trinajstić information content (AvgIpc) is 2.88. The van der Waals surface area contributed by atoms with Crippen LogP contribution in [0.3, 0.4) is 0 Å². The summed E-state index contributed by atoms with van der Waals surface area (Å²) in [5.74, 6) is -0.00630. The van der Waals surface area contributed by atoms with Gasteiger partial charge in [0.05, 0.1) is 10.6 Å². The maximum absolute atomic E-state index is 13.3. The number of nitrogens with zero attached hydrogens (tertiary/aromatic N) is 3. The van der Waals surface area contributed by atoms with Crippen LogP contribution in [-0.2, 0) is 16.4 Å². The van der Waals surface area contributed by atoms with E-state index in [4.69, 9.17) is 11.6 Å². The molecule has 0 aromatic heterocycles. The predicted molar refractivity (Wildman–Crippen MR) is 135 cm³/mol. The number of piperazine rings is 1. The summed E-state index contributed by atoms with van der Waals surface area (Å²) in [6.45, 7) is 3.29. The zero-order chi connectivity index (χ0) is 23.7. The Morgan fingerprint density at radius 1 is 0.824 bits per heavy atom. The van der Waals surface area contributed by atoms with Crippen LogP contribution in [0.15, 0.2) is 77.7 Å². The standard InChI is InChI=1S/C26H26ClN3O3S/c27-22-9-11-24(12-10-22)34(32,33)30-14-4-5-20-19-21(8-13-25(20)30)26(31)29-17-15-28(16-18-29)23-6-2-1-3-7-23/h1-3,6-13,19H,4-5,14-18H2. The normalized spacial score (nSPS) is 16.3. The minimum atomic E-state index is -3.70. The van der Waals surface area contributed by atoms with E-state index in [1.54, 1.807) is 24.3 Å². The molecule has 2 heterocycles. The lowest BCUT2D eigenvalue weighted by Crippen LogP contribution is -2.48. The van der Waals surface area contributed by atoms with Crippen LogP contribution >= 0.6 is 11.6 Å². The molecule has 0 aliphatic carbocycles. The van der Waals surface area contributed by atoms with Gasteiger partial charge in [0.2, 0.25) is 0 Å². The highest BCUT2D eigenvalue weighted by Crippen LogP contribution is 2.33. The maximum Gasteiger partial charge on any atom is 0.264 e. The molecular formula is C26H26ClN3O3S. The van der Waals surface area contributed by atoms with E-state index in [-0.39, 0.29) is 10.8 Å². The van der Waals surface area contributed by atoms with Crippen LogP contribution < -0.4 is 9.21 Å². The summed E-state index contributed by atoms with van der Waals surface area (Å²) in [7, 11) is -3.70. The fraction of sp³-hybridized carbons (Fsp3) is 0.269. The second-order valence-electron chi connectivity index (χ2n) is 8.59. The molecule has 5 rings (SSSR count). The Hall–Kier alpha value is -3.03. The van der Waals surface area contributed by atoms with Crippen molar-refractivity contribution in [3.05, 3.63) is 88.9 Å². The Balaban J connectivity index is 1.33. The summed E-state index contributed by atoms with van der Waals surface area (Å²) < 4.78 is 28.0. The molecule has 34 heavy (non-hydrogen) atoms. The quantitative estimate of drug-likeness (QED) is 0.536. The molecule has 3 aromatic carbocycles. The third-order valence-corrected chi connectivity index (χ3v) is 8.57. The summed E-state index contributed by atoms with van der Waals surface area (Å²) in [6, 6.07) is 21.8. The van der Waals surface area contributed by atoms with Gasteiger partial charge in [0.15, 0.2) is 0 Å². The Bertz CT molecular complexity index is 1290. The molecule has 0 bridgehead atoms. The van der Waals surface area contributed by atoms with E-state index in [1.807, 2.05) is 29.2 Å². The fourth-order valence-electron chi connectivity index (χ4n) is 4.67. The minimum Gasteiger partial charge on any atom is -0.368 e. The fourth-order valence-corrected chi connectivity index (χ4v) is 6.34. The summed E-state index contributed by atoms with van der Waals surface area (Å²) in [5.41, 5.74) is 3.31. The second kappa shape index (κ2) is 9.31. The third-order valence-electron chi connectivity index (χ3n) is 6.49. The molecule has 1 saturated heterocycles. The Kier molecular flexibility index (Phi) is 6.23. The van der Waals surface area contributed by atoms with Crippen molar-refractivity contribution in [3.8, 4) is 0 Å². The molecule has 0 spiro atoms. The van der Waals surface area contributed by atoms with Crippen molar-refractivity contribution in [1.29, 1.82) is 0 Å². The number of sulfonamides is 1. The lowest BCUT2D eigenvalue weighted by atomic mass is 10.00. The molecule has 3 aromatic rings. The van der Waals surface area contributed by atoms with Crippen molar-refractivity contribution in [2.45, 2.75) is 17.7 Å². The van der Waals surface area contributed by atoms with Gasteiger partial charge in [-0.05, 0) is 73.0 Å². The predicted octanol–water partition coefficient (Wildman–Crippen LogP) is 4.44. The number of halogens is 1. The first-order chi connectivity index (χ1) is 16.4. The zero-order valence-corrected chi connectivity index (χ0v) is 20.3. The lowest BCUT2D eigenvalue weighted by Gasteiger charge is -2.36. The molecule has 0 N–H and O–H groups in total. The molecule has 0 atom stereocenters. The van der Waals surface area contributed by atoms with Gasteiger partial charge in [-0.1, -0.05) is 29.8 Å². The van der Waals surface area contributed by atoms with Crippen molar-refractivity contribution >= 4 is 38.9 Å². The molecule has 2 aliphatic heterocycles. The topological polar surface area (TPSA) is 60.9 Å². The highest BCUT2D eigenvalue weighted by Gasteiger charge is 2.30. The number of aryl methyl sites for hydroxylation is 1. The number of benzene rings is 3. The summed E-state index contributed by atoms with van der Waals surface area (Å²) in [6.07, 6.45) is 1.44. The van der Waals surface area contributed by atoms with Gasteiger partial charge in [-0.15, -0.1) is 0 Å². The number of hydrogen-bond acceptors (Lipinski definition) is 4. The number of amides is 1. The third kappa shape index (κ3) is 4.38. The maximum atomic E-state index is 13.3. The molecule has 2 aliphatic rings. The Labute approximate surface area is 205 Å². The molecule has 8 heteroatoms. The van der Waals surface area contributed by atoms with Gasteiger partial charge in [0.1, 0.15) is 0 Å². The van der Waals surface area contributed by atoms with E-state index in [1.165, 1.54) is 22.1 Å². The molecule has 0 saturated carbocycles. The first-order valence-corrected chi connectivity index (χ1v) is 13.3. The van der Waals surface area contributed by atoms with Crippen LogP contribution in [0, 0.1) is 0 Å². The van der Waals surface area contributed by atoms with Gasteiger partial charge >= 0.3 is 0 Å². The molecule has 176 valence electrons.